The minimum atomic E-state index is 0.0228. The molecule has 0 atom stereocenters. The molecule has 22 heavy (non-hydrogen) atoms. The average Bonchev–Trinajstić information content (AvgIpc) is 2.79. The second-order valence-electron chi connectivity index (χ2n) is 5.50. The summed E-state index contributed by atoms with van der Waals surface area (Å²) in [6, 6.07) is 5.73. The van der Waals surface area contributed by atoms with Crippen molar-refractivity contribution in [2.24, 2.45) is 0 Å². The van der Waals surface area contributed by atoms with Crippen LogP contribution in [0, 0.1) is 20.8 Å². The maximum atomic E-state index is 12.6. The van der Waals surface area contributed by atoms with Gasteiger partial charge in [0.1, 0.15) is 11.6 Å². The van der Waals surface area contributed by atoms with Gasteiger partial charge in [-0.1, -0.05) is 12.1 Å². The van der Waals surface area contributed by atoms with Crippen LogP contribution in [0.3, 0.4) is 0 Å². The summed E-state index contributed by atoms with van der Waals surface area (Å²) in [5.74, 6) is 1.68. The molecular weight excluding hydrogens is 278 g/mol. The molecule has 6 nitrogen and oxygen atoms in total. The molecule has 1 aromatic carbocycles. The quantitative estimate of drug-likeness (QED) is 0.739. The molecule has 3 aromatic rings. The van der Waals surface area contributed by atoms with Crippen LogP contribution < -0.4 is 5.56 Å². The van der Waals surface area contributed by atoms with Gasteiger partial charge in [0.25, 0.3) is 5.56 Å². The molecule has 0 unspecified atom stereocenters. The summed E-state index contributed by atoms with van der Waals surface area (Å²) in [6.45, 7) is 7.12. The molecular formula is C16H19N5O. The molecule has 0 saturated carbocycles. The van der Waals surface area contributed by atoms with Crippen molar-refractivity contribution < 1.29 is 0 Å². The molecule has 2 aromatic heterocycles. The van der Waals surface area contributed by atoms with Crippen LogP contribution >= 0.6 is 0 Å². The summed E-state index contributed by atoms with van der Waals surface area (Å²) in [6.07, 6.45) is 2.44. The molecule has 0 aliphatic rings. The molecule has 0 aliphatic carbocycles. The number of hydrogen-bond donors (Lipinski definition) is 0. The largest absolute Gasteiger partial charge is 0.299 e. The van der Waals surface area contributed by atoms with Crippen molar-refractivity contribution in [3.05, 3.63) is 52.1 Å². The van der Waals surface area contributed by atoms with E-state index in [1.165, 1.54) is 0 Å². The fourth-order valence-electron chi connectivity index (χ4n) is 2.69. The molecule has 0 bridgehead atoms. The SMILES string of the molecule is Cc1nc(C)n(CCCn2cnc3cccc(C)c3c2=O)n1. The van der Waals surface area contributed by atoms with Crippen LogP contribution in [0.15, 0.2) is 29.3 Å². The molecule has 0 amide bonds. The van der Waals surface area contributed by atoms with Crippen molar-refractivity contribution in [3.63, 3.8) is 0 Å². The predicted molar refractivity (Wildman–Crippen MR) is 84.9 cm³/mol. The lowest BCUT2D eigenvalue weighted by molar-refractivity contribution is 0.507. The van der Waals surface area contributed by atoms with Crippen LogP contribution in [-0.4, -0.2) is 24.3 Å². The first-order chi connectivity index (χ1) is 10.6. The fourth-order valence-corrected chi connectivity index (χ4v) is 2.69. The minimum Gasteiger partial charge on any atom is -0.299 e. The summed E-state index contributed by atoms with van der Waals surface area (Å²) in [7, 11) is 0. The lowest BCUT2D eigenvalue weighted by atomic mass is 10.1. The van der Waals surface area contributed by atoms with E-state index in [2.05, 4.69) is 15.1 Å². The van der Waals surface area contributed by atoms with Gasteiger partial charge in [0.2, 0.25) is 0 Å². The first-order valence-electron chi connectivity index (χ1n) is 7.39. The highest BCUT2D eigenvalue weighted by Crippen LogP contribution is 2.11. The minimum absolute atomic E-state index is 0.0228. The number of rotatable bonds is 4. The normalized spacial score (nSPS) is 11.2. The van der Waals surface area contributed by atoms with Crippen LogP contribution in [0.5, 0.6) is 0 Å². The molecule has 0 spiro atoms. The van der Waals surface area contributed by atoms with Crippen molar-refractivity contribution in [1.82, 2.24) is 24.3 Å². The molecule has 2 heterocycles. The van der Waals surface area contributed by atoms with Crippen LogP contribution in [0.25, 0.3) is 10.9 Å². The Morgan fingerprint density at radius 3 is 2.68 bits per heavy atom. The fraction of sp³-hybridized carbons (Fsp3) is 0.375. The average molecular weight is 297 g/mol. The number of aryl methyl sites for hydroxylation is 5. The van der Waals surface area contributed by atoms with Gasteiger partial charge in [-0.3, -0.25) is 14.0 Å². The Labute approximate surface area is 128 Å². The van der Waals surface area contributed by atoms with E-state index in [0.29, 0.717) is 11.9 Å². The maximum Gasteiger partial charge on any atom is 0.261 e. The summed E-state index contributed by atoms with van der Waals surface area (Å²) < 4.78 is 3.55. The second-order valence-corrected chi connectivity index (χ2v) is 5.50. The Balaban J connectivity index is 1.80. The third-order valence-electron chi connectivity index (χ3n) is 3.79. The summed E-state index contributed by atoms with van der Waals surface area (Å²) in [5.41, 5.74) is 1.74. The predicted octanol–water partition coefficient (Wildman–Crippen LogP) is 2.00. The van der Waals surface area contributed by atoms with Crippen molar-refractivity contribution in [2.75, 3.05) is 0 Å². The van der Waals surface area contributed by atoms with Gasteiger partial charge in [-0.2, -0.15) is 5.10 Å². The second kappa shape index (κ2) is 5.71. The van der Waals surface area contributed by atoms with Crippen LogP contribution in [-0.2, 0) is 13.1 Å². The molecule has 0 aliphatic heterocycles. The Bertz CT molecular complexity index is 878. The molecule has 0 radical (unpaired) electrons. The van der Waals surface area contributed by atoms with Gasteiger partial charge in [0.05, 0.1) is 17.2 Å². The van der Waals surface area contributed by atoms with Gasteiger partial charge in [0.15, 0.2) is 0 Å². The monoisotopic (exact) mass is 297 g/mol. The van der Waals surface area contributed by atoms with Gasteiger partial charge in [-0.25, -0.2) is 9.97 Å². The third kappa shape index (κ3) is 2.64. The lowest BCUT2D eigenvalue weighted by Gasteiger charge is -2.08. The number of hydrogen-bond acceptors (Lipinski definition) is 4. The van der Waals surface area contributed by atoms with Crippen LogP contribution in [0.4, 0.5) is 0 Å². The highest BCUT2D eigenvalue weighted by molar-refractivity contribution is 5.80. The van der Waals surface area contributed by atoms with Gasteiger partial charge in [-0.05, 0) is 38.8 Å². The standard InChI is InChI=1S/C16H19N5O/c1-11-6-4-7-14-15(11)16(22)20(10-17-14)8-5-9-21-13(3)18-12(2)19-21/h4,6-7,10H,5,8-9H2,1-3H3. The van der Waals surface area contributed by atoms with Gasteiger partial charge in [0, 0.05) is 13.1 Å². The van der Waals surface area contributed by atoms with Gasteiger partial charge in [-0.15, -0.1) is 0 Å². The van der Waals surface area contributed by atoms with E-state index in [1.807, 2.05) is 43.7 Å². The van der Waals surface area contributed by atoms with Crippen LogP contribution in [0.2, 0.25) is 0 Å². The van der Waals surface area contributed by atoms with E-state index in [1.54, 1.807) is 10.9 Å². The Morgan fingerprint density at radius 1 is 1.14 bits per heavy atom. The van der Waals surface area contributed by atoms with Crippen molar-refractivity contribution in [2.45, 2.75) is 40.3 Å². The van der Waals surface area contributed by atoms with E-state index >= 15 is 0 Å². The van der Waals surface area contributed by atoms with E-state index in [0.717, 1.165) is 35.7 Å². The molecule has 0 N–H and O–H groups in total. The summed E-state index contributed by atoms with van der Waals surface area (Å²) >= 11 is 0. The van der Waals surface area contributed by atoms with Crippen molar-refractivity contribution in [1.29, 1.82) is 0 Å². The van der Waals surface area contributed by atoms with E-state index in [4.69, 9.17) is 0 Å². The topological polar surface area (TPSA) is 65.6 Å². The molecule has 0 saturated heterocycles. The first kappa shape index (κ1) is 14.4. The number of benzene rings is 1. The third-order valence-corrected chi connectivity index (χ3v) is 3.79. The Hall–Kier alpha value is -2.50. The zero-order valence-corrected chi connectivity index (χ0v) is 13.1. The molecule has 114 valence electrons. The van der Waals surface area contributed by atoms with E-state index in [9.17, 15) is 4.79 Å². The Morgan fingerprint density at radius 2 is 1.95 bits per heavy atom. The highest BCUT2D eigenvalue weighted by atomic mass is 16.1. The van der Waals surface area contributed by atoms with E-state index in [-0.39, 0.29) is 5.56 Å². The number of nitrogens with zero attached hydrogens (tertiary/aromatic N) is 5. The van der Waals surface area contributed by atoms with Gasteiger partial charge < -0.3 is 0 Å². The maximum absolute atomic E-state index is 12.6. The first-order valence-corrected chi connectivity index (χ1v) is 7.39. The van der Waals surface area contributed by atoms with Gasteiger partial charge >= 0.3 is 0 Å². The number of aromatic nitrogens is 5. The Kier molecular flexibility index (Phi) is 3.75. The van der Waals surface area contributed by atoms with Crippen molar-refractivity contribution in [3.8, 4) is 0 Å². The zero-order valence-electron chi connectivity index (χ0n) is 13.1. The molecule has 0 fully saturated rings. The number of fused-ring (bicyclic) bond motifs is 1. The lowest BCUT2D eigenvalue weighted by Crippen LogP contribution is -2.22. The summed E-state index contributed by atoms with van der Waals surface area (Å²) in [5, 5.41) is 5.04. The van der Waals surface area contributed by atoms with Crippen LogP contribution in [0.1, 0.15) is 23.6 Å². The molecule has 3 rings (SSSR count). The summed E-state index contributed by atoms with van der Waals surface area (Å²) in [4.78, 5) is 21.2. The van der Waals surface area contributed by atoms with E-state index < -0.39 is 0 Å². The zero-order chi connectivity index (χ0) is 15.7. The highest BCUT2D eigenvalue weighted by Gasteiger charge is 2.07. The smallest absolute Gasteiger partial charge is 0.261 e. The molecule has 6 heteroatoms. The van der Waals surface area contributed by atoms with Crippen molar-refractivity contribution >= 4 is 10.9 Å².